The number of benzene rings is 1. The summed E-state index contributed by atoms with van der Waals surface area (Å²) in [6.07, 6.45) is 0. The maximum absolute atomic E-state index is 13.5. The Hall–Kier alpha value is -0.740. The van der Waals surface area contributed by atoms with Gasteiger partial charge in [-0.2, -0.15) is 11.8 Å². The van der Waals surface area contributed by atoms with Crippen LogP contribution in [0.4, 0.5) is 4.39 Å². The summed E-state index contributed by atoms with van der Waals surface area (Å²) in [7, 11) is 1.62. The smallest absolute Gasteiger partial charge is 0.123 e. The SMILES string of the molecule is CCNC(CSC(C)(C)C)c1cc(F)ccc1OC. The first kappa shape index (κ1) is 16.3. The van der Waals surface area contributed by atoms with Crippen LogP contribution in [0, 0.1) is 5.82 Å². The van der Waals surface area contributed by atoms with Crippen LogP contribution in [0.1, 0.15) is 39.3 Å². The van der Waals surface area contributed by atoms with Crippen LogP contribution < -0.4 is 10.1 Å². The van der Waals surface area contributed by atoms with Gasteiger partial charge in [0.05, 0.1) is 7.11 Å². The van der Waals surface area contributed by atoms with E-state index in [2.05, 4.69) is 33.0 Å². The fourth-order valence-electron chi connectivity index (χ4n) is 1.82. The lowest BCUT2D eigenvalue weighted by atomic mass is 10.1. The molecule has 0 spiro atoms. The molecular formula is C15H24FNOS. The molecule has 2 nitrogen and oxygen atoms in total. The van der Waals surface area contributed by atoms with Crippen LogP contribution >= 0.6 is 11.8 Å². The number of ether oxygens (including phenoxy) is 1. The quantitative estimate of drug-likeness (QED) is 0.853. The Balaban J connectivity index is 2.94. The summed E-state index contributed by atoms with van der Waals surface area (Å²) >= 11 is 1.86. The fraction of sp³-hybridized carbons (Fsp3) is 0.600. The second-order valence-electron chi connectivity index (χ2n) is 5.42. The molecule has 1 N–H and O–H groups in total. The second kappa shape index (κ2) is 7.15. The summed E-state index contributed by atoms with van der Waals surface area (Å²) in [5, 5.41) is 3.41. The molecule has 0 saturated heterocycles. The molecule has 19 heavy (non-hydrogen) atoms. The summed E-state index contributed by atoms with van der Waals surface area (Å²) in [5.41, 5.74) is 0.890. The van der Waals surface area contributed by atoms with Gasteiger partial charge >= 0.3 is 0 Å². The summed E-state index contributed by atoms with van der Waals surface area (Å²) in [4.78, 5) is 0. The average molecular weight is 285 g/mol. The Bertz CT molecular complexity index is 404. The van der Waals surface area contributed by atoms with Gasteiger partial charge in [-0.25, -0.2) is 4.39 Å². The number of halogens is 1. The van der Waals surface area contributed by atoms with Crippen molar-refractivity contribution in [1.82, 2.24) is 5.32 Å². The normalized spacial score (nSPS) is 13.4. The minimum Gasteiger partial charge on any atom is -0.496 e. The molecule has 0 saturated carbocycles. The fourth-order valence-corrected chi connectivity index (χ4v) is 2.78. The number of nitrogens with one attached hydrogen (secondary N) is 1. The van der Waals surface area contributed by atoms with E-state index < -0.39 is 0 Å². The highest BCUT2D eigenvalue weighted by atomic mass is 32.2. The van der Waals surface area contributed by atoms with Crippen LogP contribution in [-0.2, 0) is 0 Å². The lowest BCUT2D eigenvalue weighted by molar-refractivity contribution is 0.401. The van der Waals surface area contributed by atoms with Gasteiger partial charge in [0, 0.05) is 22.1 Å². The Morgan fingerprint density at radius 1 is 1.37 bits per heavy atom. The Morgan fingerprint density at radius 3 is 2.58 bits per heavy atom. The van der Waals surface area contributed by atoms with E-state index >= 15 is 0 Å². The van der Waals surface area contributed by atoms with Crippen LogP contribution in [0.3, 0.4) is 0 Å². The van der Waals surface area contributed by atoms with Crippen molar-refractivity contribution in [3.63, 3.8) is 0 Å². The zero-order chi connectivity index (χ0) is 14.5. The van der Waals surface area contributed by atoms with E-state index in [4.69, 9.17) is 4.74 Å². The molecule has 0 heterocycles. The van der Waals surface area contributed by atoms with Crippen molar-refractivity contribution < 1.29 is 9.13 Å². The van der Waals surface area contributed by atoms with Gasteiger partial charge in [0.2, 0.25) is 0 Å². The van der Waals surface area contributed by atoms with Gasteiger partial charge < -0.3 is 10.1 Å². The van der Waals surface area contributed by atoms with E-state index in [1.54, 1.807) is 19.2 Å². The van der Waals surface area contributed by atoms with Crippen LogP contribution in [0.2, 0.25) is 0 Å². The number of hydrogen-bond acceptors (Lipinski definition) is 3. The van der Waals surface area contributed by atoms with E-state index in [0.717, 1.165) is 23.6 Å². The minimum absolute atomic E-state index is 0.0971. The van der Waals surface area contributed by atoms with Crippen molar-refractivity contribution in [3.05, 3.63) is 29.6 Å². The van der Waals surface area contributed by atoms with Crippen molar-refractivity contribution in [2.24, 2.45) is 0 Å². The molecule has 1 unspecified atom stereocenters. The molecule has 1 atom stereocenters. The van der Waals surface area contributed by atoms with Crippen molar-refractivity contribution in [3.8, 4) is 5.75 Å². The van der Waals surface area contributed by atoms with Crippen molar-refractivity contribution >= 4 is 11.8 Å². The third-order valence-corrected chi connectivity index (χ3v) is 4.07. The molecule has 0 fully saturated rings. The van der Waals surface area contributed by atoms with Crippen LogP contribution in [0.25, 0.3) is 0 Å². The molecule has 108 valence electrons. The van der Waals surface area contributed by atoms with Gasteiger partial charge in [-0.15, -0.1) is 0 Å². The predicted octanol–water partition coefficient (Wildman–Crippen LogP) is 4.02. The number of thioether (sulfide) groups is 1. The van der Waals surface area contributed by atoms with E-state index in [0.29, 0.717) is 0 Å². The van der Waals surface area contributed by atoms with Gasteiger partial charge in [0.1, 0.15) is 11.6 Å². The largest absolute Gasteiger partial charge is 0.496 e. The third kappa shape index (κ3) is 5.41. The molecule has 0 aliphatic rings. The molecule has 1 aromatic carbocycles. The van der Waals surface area contributed by atoms with Crippen molar-refractivity contribution in [1.29, 1.82) is 0 Å². The zero-order valence-corrected chi connectivity index (χ0v) is 13.2. The van der Waals surface area contributed by atoms with Crippen molar-refractivity contribution in [2.45, 2.75) is 38.5 Å². The predicted molar refractivity (Wildman–Crippen MR) is 81.6 cm³/mol. The lowest BCUT2D eigenvalue weighted by Crippen LogP contribution is -2.25. The van der Waals surface area contributed by atoms with E-state index in [9.17, 15) is 4.39 Å². The molecule has 1 rings (SSSR count). The van der Waals surface area contributed by atoms with Gasteiger partial charge in [0.15, 0.2) is 0 Å². The molecule has 0 radical (unpaired) electrons. The molecule has 4 heteroatoms. The van der Waals surface area contributed by atoms with Crippen LogP contribution in [-0.4, -0.2) is 24.2 Å². The summed E-state index contributed by atoms with van der Waals surface area (Å²) in [6.45, 7) is 9.45. The molecule has 1 aromatic rings. The lowest BCUT2D eigenvalue weighted by Gasteiger charge is -2.25. The van der Waals surface area contributed by atoms with Gasteiger partial charge in [0.25, 0.3) is 0 Å². The first-order valence-electron chi connectivity index (χ1n) is 6.58. The Labute approximate surface area is 120 Å². The molecular weight excluding hydrogens is 261 g/mol. The standard InChI is InChI=1S/C15H24FNOS/c1-6-17-13(10-19-15(2,3)4)12-9-11(16)7-8-14(12)18-5/h7-9,13,17H,6,10H2,1-5H3. The average Bonchev–Trinajstić information content (AvgIpc) is 2.33. The van der Waals surface area contributed by atoms with Crippen molar-refractivity contribution in [2.75, 3.05) is 19.4 Å². The van der Waals surface area contributed by atoms with Gasteiger partial charge in [-0.05, 0) is 24.7 Å². The molecule has 0 aliphatic heterocycles. The second-order valence-corrected chi connectivity index (χ2v) is 7.27. The molecule has 0 bridgehead atoms. The number of rotatable bonds is 6. The third-order valence-electron chi connectivity index (χ3n) is 2.70. The Kier molecular flexibility index (Phi) is 6.14. The van der Waals surface area contributed by atoms with Gasteiger partial charge in [-0.3, -0.25) is 0 Å². The molecule has 0 aromatic heterocycles. The maximum atomic E-state index is 13.5. The highest BCUT2D eigenvalue weighted by Gasteiger charge is 2.20. The van der Waals surface area contributed by atoms with E-state index in [1.165, 1.54) is 6.07 Å². The highest BCUT2D eigenvalue weighted by Crippen LogP contribution is 2.32. The monoisotopic (exact) mass is 285 g/mol. The topological polar surface area (TPSA) is 21.3 Å². The summed E-state index contributed by atoms with van der Waals surface area (Å²) in [5.74, 6) is 1.40. The molecule has 0 aliphatic carbocycles. The number of methoxy groups -OCH3 is 1. The van der Waals surface area contributed by atoms with Gasteiger partial charge in [-0.1, -0.05) is 27.7 Å². The Morgan fingerprint density at radius 2 is 2.05 bits per heavy atom. The van der Waals surface area contributed by atoms with E-state index in [1.807, 2.05) is 11.8 Å². The maximum Gasteiger partial charge on any atom is 0.123 e. The first-order chi connectivity index (χ1) is 8.87. The summed E-state index contributed by atoms with van der Waals surface area (Å²) in [6, 6.07) is 4.79. The zero-order valence-electron chi connectivity index (χ0n) is 12.4. The van der Waals surface area contributed by atoms with E-state index in [-0.39, 0.29) is 16.6 Å². The molecule has 0 amide bonds. The highest BCUT2D eigenvalue weighted by molar-refractivity contribution is 8.00. The van der Waals surface area contributed by atoms with Crippen LogP contribution in [0.15, 0.2) is 18.2 Å². The minimum atomic E-state index is -0.223. The summed E-state index contributed by atoms with van der Waals surface area (Å²) < 4.78 is 19.0. The number of hydrogen-bond donors (Lipinski definition) is 1. The van der Waals surface area contributed by atoms with Crippen LogP contribution in [0.5, 0.6) is 5.75 Å². The first-order valence-corrected chi connectivity index (χ1v) is 7.56.